The number of hydrogen-bond donors (Lipinski definition) is 3. The zero-order chi connectivity index (χ0) is 20.6. The van der Waals surface area contributed by atoms with Gasteiger partial charge in [0.2, 0.25) is 0 Å². The van der Waals surface area contributed by atoms with Crippen LogP contribution in [0, 0.1) is 0 Å². The monoisotopic (exact) mass is 395 g/mol. The molecule has 0 saturated heterocycles. The summed E-state index contributed by atoms with van der Waals surface area (Å²) in [4.78, 5) is 8.90. The van der Waals surface area contributed by atoms with Crippen LogP contribution in [0.15, 0.2) is 48.5 Å². The van der Waals surface area contributed by atoms with Crippen molar-refractivity contribution in [3.8, 4) is 16.9 Å². The molecule has 3 rings (SSSR count). The Hall–Kier alpha value is -2.54. The minimum atomic E-state index is -5.08. The van der Waals surface area contributed by atoms with Crippen molar-refractivity contribution in [1.29, 1.82) is 0 Å². The highest BCUT2D eigenvalue weighted by Gasteiger charge is 2.38. The van der Waals surface area contributed by atoms with Gasteiger partial charge in [0.1, 0.15) is 5.75 Å². The van der Waals surface area contributed by atoms with E-state index in [1.165, 1.54) is 37.7 Å². The molecule has 0 unspecified atom stereocenters. The van der Waals surface area contributed by atoms with Crippen molar-refractivity contribution in [2.45, 2.75) is 50.9 Å². The van der Waals surface area contributed by atoms with Crippen LogP contribution in [0.3, 0.4) is 0 Å². The van der Waals surface area contributed by atoms with Crippen LogP contribution in [0.5, 0.6) is 5.75 Å². The van der Waals surface area contributed by atoms with E-state index in [9.17, 15) is 18.3 Å². The van der Waals surface area contributed by atoms with Crippen molar-refractivity contribution in [2.24, 2.45) is 0 Å². The normalized spacial score (nSPS) is 14.8. The number of nitrogens with one attached hydrogen (secondary N) is 1. The first-order chi connectivity index (χ1) is 13.3. The van der Waals surface area contributed by atoms with Crippen LogP contribution in [-0.2, 0) is 11.3 Å². The summed E-state index contributed by atoms with van der Waals surface area (Å²) in [5.41, 5.74) is 3.34. The molecule has 1 fully saturated rings. The number of phenols is 1. The van der Waals surface area contributed by atoms with E-state index in [1.54, 1.807) is 6.07 Å². The van der Waals surface area contributed by atoms with E-state index in [1.807, 2.05) is 24.3 Å². The number of halogens is 3. The third kappa shape index (κ3) is 6.88. The second-order valence-corrected chi connectivity index (χ2v) is 6.73. The van der Waals surface area contributed by atoms with Crippen LogP contribution in [0.25, 0.3) is 11.1 Å². The highest BCUT2D eigenvalue weighted by atomic mass is 19.4. The molecular weight excluding hydrogens is 371 g/mol. The van der Waals surface area contributed by atoms with E-state index in [-0.39, 0.29) is 0 Å². The SMILES string of the molecule is O=C(O)C(F)(F)F.Oc1ccc(-c2ccccc2)cc1CNC1CCCCC1. The Labute approximate surface area is 162 Å². The van der Waals surface area contributed by atoms with E-state index in [4.69, 9.17) is 9.90 Å². The van der Waals surface area contributed by atoms with Crippen LogP contribution in [-0.4, -0.2) is 28.4 Å². The molecule has 2 aromatic carbocycles. The molecular formula is C21H24F3NO3. The van der Waals surface area contributed by atoms with Crippen LogP contribution >= 0.6 is 0 Å². The number of alkyl halides is 3. The summed E-state index contributed by atoms with van der Waals surface area (Å²) in [6.07, 6.45) is 1.46. The van der Waals surface area contributed by atoms with Gasteiger partial charge in [0, 0.05) is 18.2 Å². The third-order valence-electron chi connectivity index (χ3n) is 4.62. The molecule has 0 amide bonds. The molecule has 0 radical (unpaired) electrons. The maximum Gasteiger partial charge on any atom is 0.490 e. The summed E-state index contributed by atoms with van der Waals surface area (Å²) >= 11 is 0. The fourth-order valence-corrected chi connectivity index (χ4v) is 3.10. The topological polar surface area (TPSA) is 69.6 Å². The first-order valence-electron chi connectivity index (χ1n) is 9.18. The van der Waals surface area contributed by atoms with Gasteiger partial charge in [-0.05, 0) is 36.1 Å². The van der Waals surface area contributed by atoms with Crippen LogP contribution < -0.4 is 5.32 Å². The molecule has 0 bridgehead atoms. The zero-order valence-corrected chi connectivity index (χ0v) is 15.4. The number of rotatable bonds is 4. The average molecular weight is 395 g/mol. The van der Waals surface area contributed by atoms with E-state index >= 15 is 0 Å². The summed E-state index contributed by atoms with van der Waals surface area (Å²) in [6.45, 7) is 0.747. The Morgan fingerprint density at radius 2 is 1.61 bits per heavy atom. The summed E-state index contributed by atoms with van der Waals surface area (Å²) in [5.74, 6) is -2.37. The summed E-state index contributed by atoms with van der Waals surface area (Å²) in [5, 5.41) is 20.8. The number of phenolic OH excluding ortho intramolecular Hbond substituents is 1. The second kappa shape index (κ2) is 10.1. The van der Waals surface area contributed by atoms with Crippen molar-refractivity contribution in [3.05, 3.63) is 54.1 Å². The van der Waals surface area contributed by atoms with Gasteiger partial charge >= 0.3 is 12.1 Å². The molecule has 4 nitrogen and oxygen atoms in total. The molecule has 1 aliphatic carbocycles. The van der Waals surface area contributed by atoms with Gasteiger partial charge in [-0.3, -0.25) is 0 Å². The first kappa shape index (κ1) is 21.8. The molecule has 3 N–H and O–H groups in total. The quantitative estimate of drug-likeness (QED) is 0.673. The molecule has 0 atom stereocenters. The smallest absolute Gasteiger partial charge is 0.490 e. The number of carboxylic acid groups (broad SMARTS) is 1. The lowest BCUT2D eigenvalue weighted by Crippen LogP contribution is -2.30. The molecule has 28 heavy (non-hydrogen) atoms. The molecule has 0 aromatic heterocycles. The van der Waals surface area contributed by atoms with Crippen LogP contribution in [0.2, 0.25) is 0 Å². The Kier molecular flexibility index (Phi) is 7.87. The van der Waals surface area contributed by atoms with Gasteiger partial charge in [-0.15, -0.1) is 0 Å². The minimum absolute atomic E-state index is 0.387. The van der Waals surface area contributed by atoms with Crippen LogP contribution in [0.4, 0.5) is 13.2 Å². The Morgan fingerprint density at radius 3 is 2.18 bits per heavy atom. The van der Waals surface area contributed by atoms with Crippen molar-refractivity contribution < 1.29 is 28.2 Å². The number of aromatic hydroxyl groups is 1. The molecule has 1 saturated carbocycles. The van der Waals surface area contributed by atoms with E-state index in [0.717, 1.165) is 17.7 Å². The maximum absolute atomic E-state index is 10.6. The molecule has 0 spiro atoms. The van der Waals surface area contributed by atoms with Gasteiger partial charge in [-0.25, -0.2) is 4.79 Å². The summed E-state index contributed by atoms with van der Waals surface area (Å²) in [6, 6.07) is 16.8. The molecule has 7 heteroatoms. The van der Waals surface area contributed by atoms with Crippen molar-refractivity contribution >= 4 is 5.97 Å². The van der Waals surface area contributed by atoms with E-state index in [0.29, 0.717) is 11.8 Å². The summed E-state index contributed by atoms with van der Waals surface area (Å²) < 4.78 is 31.7. The number of carboxylic acids is 1. The van der Waals surface area contributed by atoms with Crippen molar-refractivity contribution in [1.82, 2.24) is 5.32 Å². The molecule has 0 aliphatic heterocycles. The lowest BCUT2D eigenvalue weighted by molar-refractivity contribution is -0.192. The number of benzene rings is 2. The Balaban J connectivity index is 0.000000345. The summed E-state index contributed by atoms with van der Waals surface area (Å²) in [7, 11) is 0. The predicted molar refractivity (Wildman–Crippen MR) is 101 cm³/mol. The van der Waals surface area contributed by atoms with Crippen molar-refractivity contribution in [3.63, 3.8) is 0 Å². The molecule has 1 aliphatic rings. The predicted octanol–water partition coefficient (Wildman–Crippen LogP) is 5.11. The fourth-order valence-electron chi connectivity index (χ4n) is 3.10. The van der Waals surface area contributed by atoms with Gasteiger partial charge in [0.05, 0.1) is 0 Å². The molecule has 0 heterocycles. The lowest BCUT2D eigenvalue weighted by Gasteiger charge is -2.23. The fraction of sp³-hybridized carbons (Fsp3) is 0.381. The van der Waals surface area contributed by atoms with Crippen LogP contribution in [0.1, 0.15) is 37.7 Å². The number of carbonyl (C=O) groups is 1. The standard InChI is InChI=1S/C19H23NO.C2HF3O2/c21-19-12-11-16(15-7-3-1-4-8-15)13-17(19)14-20-18-9-5-2-6-10-18;3-2(4,5)1(6)7/h1,3-4,7-8,11-13,18,20-21H,2,5-6,9-10,14H2;(H,6,7). The largest absolute Gasteiger partial charge is 0.508 e. The lowest BCUT2D eigenvalue weighted by atomic mass is 9.95. The Morgan fingerprint density at radius 1 is 1.00 bits per heavy atom. The minimum Gasteiger partial charge on any atom is -0.508 e. The molecule has 152 valence electrons. The van der Waals surface area contributed by atoms with Gasteiger partial charge in [0.25, 0.3) is 0 Å². The number of hydrogen-bond acceptors (Lipinski definition) is 3. The van der Waals surface area contributed by atoms with Gasteiger partial charge in [-0.1, -0.05) is 55.7 Å². The van der Waals surface area contributed by atoms with Gasteiger partial charge in [-0.2, -0.15) is 13.2 Å². The Bertz CT molecular complexity index is 757. The van der Waals surface area contributed by atoms with Gasteiger partial charge in [0.15, 0.2) is 0 Å². The second-order valence-electron chi connectivity index (χ2n) is 6.73. The van der Waals surface area contributed by atoms with Gasteiger partial charge < -0.3 is 15.5 Å². The van der Waals surface area contributed by atoms with Crippen molar-refractivity contribution in [2.75, 3.05) is 0 Å². The average Bonchev–Trinajstić information content (AvgIpc) is 2.68. The van der Waals surface area contributed by atoms with E-state index in [2.05, 4.69) is 23.5 Å². The van der Waals surface area contributed by atoms with E-state index < -0.39 is 12.1 Å². The third-order valence-corrected chi connectivity index (χ3v) is 4.62. The molecule has 2 aromatic rings. The number of aliphatic carboxylic acids is 1. The zero-order valence-electron chi connectivity index (χ0n) is 15.4. The maximum atomic E-state index is 10.6. The highest BCUT2D eigenvalue weighted by Crippen LogP contribution is 2.26. The first-order valence-corrected chi connectivity index (χ1v) is 9.18. The highest BCUT2D eigenvalue weighted by molar-refractivity contribution is 5.73.